The number of hydrogen-bond acceptors (Lipinski definition) is 4. The maximum Gasteiger partial charge on any atom is 0.223 e. The SMILES string of the molecule is Cc1cc(Oc2nccc3c2CC=C3)ccc1-c1c(C)ncnc1C. The Kier molecular flexibility index (Phi) is 3.80. The summed E-state index contributed by atoms with van der Waals surface area (Å²) in [6, 6.07) is 8.12. The highest BCUT2D eigenvalue weighted by molar-refractivity contribution is 5.72. The van der Waals surface area contributed by atoms with E-state index in [0.29, 0.717) is 5.88 Å². The number of benzene rings is 1. The number of hydrogen-bond donors (Lipinski definition) is 0. The standard InChI is InChI=1S/C21H19N3O/c1-13-11-17(25-21-19-6-4-5-16(19)9-10-22-21)7-8-18(13)20-14(2)23-12-24-15(20)3/h4-5,7-12H,6H2,1-3H3. The van der Waals surface area contributed by atoms with Crippen LogP contribution in [0.2, 0.25) is 0 Å². The molecule has 1 aromatic carbocycles. The average Bonchev–Trinajstić information content (AvgIpc) is 3.06. The summed E-state index contributed by atoms with van der Waals surface area (Å²) < 4.78 is 6.07. The van der Waals surface area contributed by atoms with Crippen molar-refractivity contribution in [3.05, 3.63) is 70.9 Å². The lowest BCUT2D eigenvalue weighted by molar-refractivity contribution is 0.457. The molecule has 0 spiro atoms. The molecule has 4 heteroatoms. The van der Waals surface area contributed by atoms with Crippen LogP contribution in [0.1, 0.15) is 28.1 Å². The van der Waals surface area contributed by atoms with E-state index in [4.69, 9.17) is 4.74 Å². The second-order valence-electron chi connectivity index (χ2n) is 6.29. The lowest BCUT2D eigenvalue weighted by Crippen LogP contribution is -1.98. The molecule has 124 valence electrons. The number of rotatable bonds is 3. The number of aromatic nitrogens is 3. The fourth-order valence-electron chi connectivity index (χ4n) is 3.31. The van der Waals surface area contributed by atoms with Gasteiger partial charge in [-0.05, 0) is 62.1 Å². The minimum Gasteiger partial charge on any atom is -0.439 e. The van der Waals surface area contributed by atoms with Crippen molar-refractivity contribution in [1.82, 2.24) is 15.0 Å². The summed E-state index contributed by atoms with van der Waals surface area (Å²) in [5, 5.41) is 0. The molecular formula is C21H19N3O. The van der Waals surface area contributed by atoms with E-state index in [-0.39, 0.29) is 0 Å². The highest BCUT2D eigenvalue weighted by Crippen LogP contribution is 2.34. The number of allylic oxidation sites excluding steroid dienone is 1. The Morgan fingerprint density at radius 2 is 1.76 bits per heavy atom. The maximum atomic E-state index is 6.07. The first-order chi connectivity index (χ1) is 12.1. The van der Waals surface area contributed by atoms with Crippen LogP contribution in [-0.4, -0.2) is 15.0 Å². The van der Waals surface area contributed by atoms with Gasteiger partial charge in [0.1, 0.15) is 12.1 Å². The van der Waals surface area contributed by atoms with Gasteiger partial charge in [0.05, 0.1) is 0 Å². The number of fused-ring (bicyclic) bond motifs is 1. The van der Waals surface area contributed by atoms with E-state index < -0.39 is 0 Å². The second kappa shape index (κ2) is 6.13. The molecule has 1 aliphatic rings. The molecule has 0 radical (unpaired) electrons. The molecule has 0 unspecified atom stereocenters. The third-order valence-electron chi connectivity index (χ3n) is 4.58. The monoisotopic (exact) mass is 329 g/mol. The fraction of sp³-hybridized carbons (Fsp3) is 0.190. The zero-order valence-corrected chi connectivity index (χ0v) is 14.6. The Morgan fingerprint density at radius 1 is 0.960 bits per heavy atom. The van der Waals surface area contributed by atoms with Crippen LogP contribution in [0.5, 0.6) is 11.6 Å². The fourth-order valence-corrected chi connectivity index (χ4v) is 3.31. The van der Waals surface area contributed by atoms with Crippen LogP contribution in [0.25, 0.3) is 17.2 Å². The molecule has 0 bridgehead atoms. The summed E-state index contributed by atoms with van der Waals surface area (Å²) in [6.07, 6.45) is 8.51. The van der Waals surface area contributed by atoms with E-state index in [9.17, 15) is 0 Å². The van der Waals surface area contributed by atoms with Crippen molar-refractivity contribution >= 4 is 6.08 Å². The largest absolute Gasteiger partial charge is 0.439 e. The average molecular weight is 329 g/mol. The topological polar surface area (TPSA) is 47.9 Å². The van der Waals surface area contributed by atoms with E-state index in [1.807, 2.05) is 32.0 Å². The molecule has 0 saturated carbocycles. The Morgan fingerprint density at radius 3 is 2.52 bits per heavy atom. The van der Waals surface area contributed by atoms with Gasteiger partial charge in [0, 0.05) is 28.7 Å². The van der Waals surface area contributed by atoms with Crippen LogP contribution < -0.4 is 4.74 Å². The van der Waals surface area contributed by atoms with Gasteiger partial charge in [-0.25, -0.2) is 15.0 Å². The molecule has 4 nitrogen and oxygen atoms in total. The summed E-state index contributed by atoms with van der Waals surface area (Å²) in [6.45, 7) is 6.11. The summed E-state index contributed by atoms with van der Waals surface area (Å²) in [5.74, 6) is 1.48. The van der Waals surface area contributed by atoms with Crippen LogP contribution >= 0.6 is 0 Å². The van der Waals surface area contributed by atoms with Gasteiger partial charge < -0.3 is 4.74 Å². The van der Waals surface area contributed by atoms with E-state index in [1.54, 1.807) is 12.5 Å². The van der Waals surface area contributed by atoms with Crippen LogP contribution in [0.3, 0.4) is 0 Å². The normalized spacial score (nSPS) is 12.3. The first kappa shape index (κ1) is 15.5. The van der Waals surface area contributed by atoms with E-state index >= 15 is 0 Å². The third-order valence-corrected chi connectivity index (χ3v) is 4.58. The summed E-state index contributed by atoms with van der Waals surface area (Å²) in [7, 11) is 0. The van der Waals surface area contributed by atoms with Crippen LogP contribution in [0, 0.1) is 20.8 Å². The summed E-state index contributed by atoms with van der Waals surface area (Å²) in [5.41, 5.74) is 7.66. The van der Waals surface area contributed by atoms with Crippen molar-refractivity contribution in [2.24, 2.45) is 0 Å². The van der Waals surface area contributed by atoms with Crippen molar-refractivity contribution in [3.8, 4) is 22.8 Å². The van der Waals surface area contributed by atoms with E-state index in [1.165, 1.54) is 5.56 Å². The number of aryl methyl sites for hydroxylation is 3. The molecule has 0 aliphatic heterocycles. The van der Waals surface area contributed by atoms with Gasteiger partial charge in [0.2, 0.25) is 5.88 Å². The molecule has 25 heavy (non-hydrogen) atoms. The zero-order valence-electron chi connectivity index (χ0n) is 14.6. The minimum atomic E-state index is 0.685. The van der Waals surface area contributed by atoms with Crippen molar-refractivity contribution in [2.75, 3.05) is 0 Å². The van der Waals surface area contributed by atoms with Crippen LogP contribution in [0.15, 0.2) is 42.9 Å². The zero-order chi connectivity index (χ0) is 17.4. The third kappa shape index (κ3) is 2.80. The van der Waals surface area contributed by atoms with Gasteiger partial charge in [0.15, 0.2) is 0 Å². The molecule has 0 amide bonds. The van der Waals surface area contributed by atoms with Crippen molar-refractivity contribution < 1.29 is 4.74 Å². The van der Waals surface area contributed by atoms with Gasteiger partial charge >= 0.3 is 0 Å². The first-order valence-corrected chi connectivity index (χ1v) is 8.35. The summed E-state index contributed by atoms with van der Waals surface area (Å²) in [4.78, 5) is 13.1. The van der Waals surface area contributed by atoms with Crippen LogP contribution in [-0.2, 0) is 6.42 Å². The molecule has 0 atom stereocenters. The Hall–Kier alpha value is -3.01. The lowest BCUT2D eigenvalue weighted by atomic mass is 9.98. The Balaban J connectivity index is 1.69. The van der Waals surface area contributed by atoms with Crippen LogP contribution in [0.4, 0.5) is 0 Å². The van der Waals surface area contributed by atoms with Crippen molar-refractivity contribution in [2.45, 2.75) is 27.2 Å². The predicted octanol–water partition coefficient (Wildman–Crippen LogP) is 4.83. The Bertz CT molecular complexity index is 972. The smallest absolute Gasteiger partial charge is 0.223 e. The van der Waals surface area contributed by atoms with E-state index in [0.717, 1.165) is 45.8 Å². The molecule has 3 aromatic rings. The summed E-state index contributed by atoms with van der Waals surface area (Å²) >= 11 is 0. The Labute approximate surface area is 147 Å². The number of ether oxygens (including phenoxy) is 1. The van der Waals surface area contributed by atoms with Crippen molar-refractivity contribution in [1.29, 1.82) is 0 Å². The van der Waals surface area contributed by atoms with Gasteiger partial charge in [-0.1, -0.05) is 18.2 Å². The van der Waals surface area contributed by atoms with Gasteiger partial charge in [-0.15, -0.1) is 0 Å². The highest BCUT2D eigenvalue weighted by atomic mass is 16.5. The second-order valence-corrected chi connectivity index (χ2v) is 6.29. The number of pyridine rings is 1. The predicted molar refractivity (Wildman–Crippen MR) is 98.7 cm³/mol. The molecule has 2 aromatic heterocycles. The van der Waals surface area contributed by atoms with Gasteiger partial charge in [-0.2, -0.15) is 0 Å². The molecule has 0 fully saturated rings. The maximum absolute atomic E-state index is 6.07. The molecule has 4 rings (SSSR count). The van der Waals surface area contributed by atoms with Crippen molar-refractivity contribution in [3.63, 3.8) is 0 Å². The molecule has 1 aliphatic carbocycles. The first-order valence-electron chi connectivity index (χ1n) is 8.35. The molecular weight excluding hydrogens is 310 g/mol. The molecule has 0 saturated heterocycles. The van der Waals surface area contributed by atoms with Gasteiger partial charge in [0.25, 0.3) is 0 Å². The van der Waals surface area contributed by atoms with E-state index in [2.05, 4.69) is 40.1 Å². The molecule has 2 heterocycles. The lowest BCUT2D eigenvalue weighted by Gasteiger charge is -2.14. The minimum absolute atomic E-state index is 0.685. The highest BCUT2D eigenvalue weighted by Gasteiger charge is 2.15. The quantitative estimate of drug-likeness (QED) is 0.691. The number of nitrogens with zero attached hydrogens (tertiary/aromatic N) is 3. The molecule has 0 N–H and O–H groups in total. The van der Waals surface area contributed by atoms with Gasteiger partial charge in [-0.3, -0.25) is 0 Å².